The van der Waals surface area contributed by atoms with Crippen LogP contribution in [0.2, 0.25) is 0 Å². The van der Waals surface area contributed by atoms with Gasteiger partial charge in [-0.1, -0.05) is 48.5 Å². The smallest absolute Gasteiger partial charge is 0.189 e. The monoisotopic (exact) mass is 350 g/mol. The lowest BCUT2D eigenvalue weighted by atomic mass is 9.53. The van der Waals surface area contributed by atoms with E-state index in [9.17, 15) is 15.8 Å². The summed E-state index contributed by atoms with van der Waals surface area (Å²) in [5.41, 5.74) is 0.157. The maximum absolute atomic E-state index is 10.1. The molecule has 1 saturated carbocycles. The topological polar surface area (TPSA) is 95.2 Å². The van der Waals surface area contributed by atoms with Gasteiger partial charge in [-0.05, 0) is 47.1 Å². The molecule has 0 unspecified atom stereocenters. The van der Waals surface area contributed by atoms with Crippen LogP contribution in [0.25, 0.3) is 10.8 Å². The molecule has 3 atom stereocenters. The van der Waals surface area contributed by atoms with Crippen LogP contribution in [0.3, 0.4) is 0 Å². The molecule has 0 bridgehead atoms. The Bertz CT molecular complexity index is 1070. The van der Waals surface area contributed by atoms with E-state index in [0.717, 1.165) is 41.2 Å². The molecule has 0 amide bonds. The molecule has 0 saturated heterocycles. The summed E-state index contributed by atoms with van der Waals surface area (Å²) >= 11 is 0. The minimum absolute atomic E-state index is 0.0670. The van der Waals surface area contributed by atoms with Crippen LogP contribution >= 0.6 is 0 Å². The molecule has 130 valence electrons. The molecular weight excluding hydrogens is 332 g/mol. The van der Waals surface area contributed by atoms with Crippen LogP contribution in [0.5, 0.6) is 0 Å². The fourth-order valence-electron chi connectivity index (χ4n) is 4.87. The first kappa shape index (κ1) is 17.0. The number of benzene rings is 2. The molecule has 2 aliphatic rings. The van der Waals surface area contributed by atoms with Crippen molar-refractivity contribution in [1.82, 2.24) is 0 Å². The highest BCUT2D eigenvalue weighted by Crippen LogP contribution is 2.56. The van der Waals surface area contributed by atoms with Crippen molar-refractivity contribution in [1.29, 1.82) is 21.2 Å². The van der Waals surface area contributed by atoms with E-state index in [4.69, 9.17) is 5.41 Å². The predicted octanol–water partition coefficient (Wildman–Crippen LogP) is 4.86. The van der Waals surface area contributed by atoms with Crippen LogP contribution in [0.15, 0.2) is 54.1 Å². The lowest BCUT2D eigenvalue weighted by Crippen LogP contribution is -2.48. The lowest BCUT2D eigenvalue weighted by Gasteiger charge is -2.46. The average Bonchev–Trinajstić information content (AvgIpc) is 2.73. The Labute approximate surface area is 158 Å². The highest BCUT2D eigenvalue weighted by atomic mass is 14.6. The molecule has 0 radical (unpaired) electrons. The van der Waals surface area contributed by atoms with Gasteiger partial charge in [0.2, 0.25) is 0 Å². The molecular formula is C23H18N4. The van der Waals surface area contributed by atoms with Gasteiger partial charge >= 0.3 is 0 Å². The summed E-state index contributed by atoms with van der Waals surface area (Å²) in [7, 11) is 0. The van der Waals surface area contributed by atoms with E-state index >= 15 is 0 Å². The molecule has 0 aromatic heterocycles. The number of rotatable bonds is 1. The second-order valence-corrected chi connectivity index (χ2v) is 7.29. The summed E-state index contributed by atoms with van der Waals surface area (Å²) in [4.78, 5) is 0. The second kappa shape index (κ2) is 6.39. The van der Waals surface area contributed by atoms with Crippen molar-refractivity contribution in [3.05, 3.63) is 59.7 Å². The number of hydrogen-bond donors (Lipinski definition) is 1. The van der Waals surface area contributed by atoms with Crippen LogP contribution in [0.1, 0.15) is 30.7 Å². The summed E-state index contributed by atoms with van der Waals surface area (Å²) in [6, 6.07) is 20.4. The first-order chi connectivity index (χ1) is 13.2. The predicted molar refractivity (Wildman–Crippen MR) is 103 cm³/mol. The van der Waals surface area contributed by atoms with Gasteiger partial charge in [0, 0.05) is 5.92 Å². The normalized spacial score (nSPS) is 26.2. The maximum atomic E-state index is 10.1. The van der Waals surface area contributed by atoms with Gasteiger partial charge < -0.3 is 5.41 Å². The van der Waals surface area contributed by atoms with Gasteiger partial charge in [-0.25, -0.2) is 0 Å². The van der Waals surface area contributed by atoms with Crippen molar-refractivity contribution in [3.8, 4) is 18.2 Å². The summed E-state index contributed by atoms with van der Waals surface area (Å²) in [5.74, 6) is -1.29. The third kappa shape index (κ3) is 2.29. The number of fused-ring (bicyclic) bond motifs is 2. The van der Waals surface area contributed by atoms with Gasteiger partial charge in [-0.3, -0.25) is 0 Å². The number of nitrogens with one attached hydrogen (secondary N) is 1. The highest BCUT2D eigenvalue weighted by molar-refractivity contribution is 6.01. The quantitative estimate of drug-likeness (QED) is 0.744. The third-order valence-corrected chi connectivity index (χ3v) is 6.08. The summed E-state index contributed by atoms with van der Waals surface area (Å²) in [5, 5.41) is 40.6. The van der Waals surface area contributed by atoms with Crippen molar-refractivity contribution in [2.45, 2.75) is 25.2 Å². The van der Waals surface area contributed by atoms with Crippen LogP contribution < -0.4 is 0 Å². The zero-order valence-electron chi connectivity index (χ0n) is 14.8. The Kier molecular flexibility index (Phi) is 4.02. The lowest BCUT2D eigenvalue weighted by molar-refractivity contribution is 0.322. The first-order valence-corrected chi connectivity index (χ1v) is 9.16. The van der Waals surface area contributed by atoms with E-state index in [0.29, 0.717) is 0 Å². The molecule has 27 heavy (non-hydrogen) atoms. The van der Waals surface area contributed by atoms with E-state index < -0.39 is 17.3 Å². The van der Waals surface area contributed by atoms with Gasteiger partial charge in [0.05, 0.1) is 23.9 Å². The average molecular weight is 350 g/mol. The van der Waals surface area contributed by atoms with E-state index in [1.807, 2.05) is 42.5 Å². The SMILES string of the molecule is N#C[C@H]1C(=N)C(C#N)(C#N)[C@H](c2cccc3ccccc23)[C@H]2CCCC=C12. The molecule has 4 nitrogen and oxygen atoms in total. The summed E-state index contributed by atoms with van der Waals surface area (Å²) < 4.78 is 0. The first-order valence-electron chi connectivity index (χ1n) is 9.16. The largest absolute Gasteiger partial charge is 0.305 e. The highest BCUT2D eigenvalue weighted by Gasteiger charge is 2.57. The molecule has 0 aliphatic heterocycles. The molecule has 0 heterocycles. The molecule has 0 spiro atoms. The third-order valence-electron chi connectivity index (χ3n) is 6.08. The molecule has 4 heteroatoms. The molecule has 2 aromatic rings. The molecule has 1 N–H and O–H groups in total. The molecule has 4 rings (SSSR count). The Morgan fingerprint density at radius 2 is 1.74 bits per heavy atom. The molecule has 2 aliphatic carbocycles. The van der Waals surface area contributed by atoms with Gasteiger partial charge in [0.25, 0.3) is 0 Å². The minimum Gasteiger partial charge on any atom is -0.305 e. The van der Waals surface area contributed by atoms with Crippen molar-refractivity contribution in [2.75, 3.05) is 0 Å². The van der Waals surface area contributed by atoms with Crippen molar-refractivity contribution in [3.63, 3.8) is 0 Å². The van der Waals surface area contributed by atoms with E-state index in [1.54, 1.807) is 0 Å². The zero-order chi connectivity index (χ0) is 19.0. The van der Waals surface area contributed by atoms with Gasteiger partial charge in [-0.2, -0.15) is 15.8 Å². The Balaban J connectivity index is 2.04. The number of nitrogens with zero attached hydrogens (tertiary/aromatic N) is 3. The van der Waals surface area contributed by atoms with Crippen molar-refractivity contribution >= 4 is 16.5 Å². The maximum Gasteiger partial charge on any atom is 0.189 e. The number of nitriles is 3. The standard InChI is InChI=1S/C23H18N4/c24-12-20-17-9-3-4-10-19(17)21(23(13-25,14-26)22(20)27)18-11-5-7-15-6-1-2-8-16(15)18/h1-2,5-9,11,19-21,27H,3-4,10H2/t19-,20+,21+/m0/s1. The molecule has 2 aromatic carbocycles. The van der Waals surface area contributed by atoms with Gasteiger partial charge in [0.15, 0.2) is 5.41 Å². The second-order valence-electron chi connectivity index (χ2n) is 7.29. The molecule has 1 fully saturated rings. The Hall–Kier alpha value is -3.42. The van der Waals surface area contributed by atoms with E-state index in [-0.39, 0.29) is 11.6 Å². The summed E-state index contributed by atoms with van der Waals surface area (Å²) in [6.07, 6.45) is 4.74. The Morgan fingerprint density at radius 3 is 2.48 bits per heavy atom. The van der Waals surface area contributed by atoms with Crippen LogP contribution in [-0.2, 0) is 0 Å². The number of allylic oxidation sites excluding steroid dienone is 2. The van der Waals surface area contributed by atoms with Gasteiger partial charge in [0.1, 0.15) is 5.92 Å². The minimum atomic E-state index is -1.62. The van der Waals surface area contributed by atoms with Crippen LogP contribution in [0.4, 0.5) is 0 Å². The van der Waals surface area contributed by atoms with E-state index in [1.165, 1.54) is 0 Å². The number of hydrogen-bond acceptors (Lipinski definition) is 4. The fraction of sp³-hybridized carbons (Fsp3) is 0.304. The fourth-order valence-corrected chi connectivity index (χ4v) is 4.87. The van der Waals surface area contributed by atoms with Crippen LogP contribution in [0, 0.1) is 56.7 Å². The van der Waals surface area contributed by atoms with Crippen LogP contribution in [-0.4, -0.2) is 5.71 Å². The van der Waals surface area contributed by atoms with E-state index in [2.05, 4.69) is 24.3 Å². The van der Waals surface area contributed by atoms with Crippen molar-refractivity contribution in [2.24, 2.45) is 17.3 Å². The summed E-state index contributed by atoms with van der Waals surface area (Å²) in [6.45, 7) is 0. The van der Waals surface area contributed by atoms with Gasteiger partial charge in [-0.15, -0.1) is 0 Å². The van der Waals surface area contributed by atoms with Crippen molar-refractivity contribution < 1.29 is 0 Å². The Morgan fingerprint density at radius 1 is 1.00 bits per heavy atom. The zero-order valence-corrected chi connectivity index (χ0v) is 14.8.